The maximum Gasteiger partial charge on any atom is 0.286 e. The van der Waals surface area contributed by atoms with Crippen molar-refractivity contribution >= 4 is 28.9 Å². The quantitative estimate of drug-likeness (QED) is 0.769. The van der Waals surface area contributed by atoms with E-state index >= 15 is 0 Å². The van der Waals surface area contributed by atoms with Gasteiger partial charge in [-0.2, -0.15) is 4.99 Å². The van der Waals surface area contributed by atoms with E-state index in [1.807, 2.05) is 44.2 Å². The van der Waals surface area contributed by atoms with Crippen LogP contribution in [0.25, 0.3) is 6.08 Å². The van der Waals surface area contributed by atoms with E-state index in [1.165, 1.54) is 11.8 Å². The molecular formula is C19H24N2O3S. The van der Waals surface area contributed by atoms with Crippen LogP contribution in [0.4, 0.5) is 0 Å². The zero-order chi connectivity index (χ0) is 17.8. The molecule has 2 aliphatic rings. The van der Waals surface area contributed by atoms with Gasteiger partial charge in [0.2, 0.25) is 0 Å². The number of nitrogens with zero attached hydrogens (tertiary/aromatic N) is 2. The van der Waals surface area contributed by atoms with Gasteiger partial charge in [-0.3, -0.25) is 4.79 Å². The Hall–Kier alpha value is -1.79. The van der Waals surface area contributed by atoms with Gasteiger partial charge in [0.05, 0.1) is 23.7 Å². The first-order valence-corrected chi connectivity index (χ1v) is 9.53. The van der Waals surface area contributed by atoms with E-state index in [4.69, 9.17) is 9.47 Å². The number of amidine groups is 1. The van der Waals surface area contributed by atoms with Crippen molar-refractivity contribution in [3.63, 3.8) is 0 Å². The molecule has 1 aromatic carbocycles. The van der Waals surface area contributed by atoms with E-state index < -0.39 is 0 Å². The third kappa shape index (κ3) is 4.44. The lowest BCUT2D eigenvalue weighted by molar-refractivity contribution is -0.113. The molecule has 0 N–H and O–H groups in total. The lowest BCUT2D eigenvalue weighted by Gasteiger charge is -2.35. The Bertz CT molecular complexity index is 692. The summed E-state index contributed by atoms with van der Waals surface area (Å²) in [6, 6.07) is 7.78. The number of aliphatic imine (C=N–C) groups is 1. The average Bonchev–Trinajstić information content (AvgIpc) is 2.94. The van der Waals surface area contributed by atoms with Crippen molar-refractivity contribution in [2.75, 3.05) is 19.7 Å². The van der Waals surface area contributed by atoms with Gasteiger partial charge in [-0.1, -0.05) is 25.1 Å². The minimum absolute atomic E-state index is 0.137. The Kier molecular flexibility index (Phi) is 5.81. The number of hydrogen-bond acceptors (Lipinski definition) is 5. The number of carbonyl (C=O) groups excluding carboxylic acids is 1. The molecular weight excluding hydrogens is 336 g/mol. The Labute approximate surface area is 153 Å². The Morgan fingerprint density at radius 2 is 2.04 bits per heavy atom. The SMILES string of the molecule is CCCOc1ccccc1/C=C1/SC(N2C[C@@H](C)O[C@H](C)C2)=NC1=O. The minimum atomic E-state index is -0.183. The van der Waals surface area contributed by atoms with Crippen LogP contribution in [0.1, 0.15) is 32.8 Å². The number of rotatable bonds is 4. The van der Waals surface area contributed by atoms with Crippen LogP contribution in [0.3, 0.4) is 0 Å². The number of carbonyl (C=O) groups is 1. The second-order valence-corrected chi connectivity index (χ2v) is 7.37. The molecule has 0 spiro atoms. The first kappa shape index (κ1) is 18.0. The standard InChI is InChI=1S/C19H24N2O3S/c1-4-9-23-16-8-6-5-7-15(16)10-17-18(22)20-19(25-17)21-11-13(2)24-14(3)12-21/h5-8,10,13-14H,4,9,11-12H2,1-3H3/b17-10+/t13-,14-/m1/s1. The Morgan fingerprint density at radius 3 is 2.76 bits per heavy atom. The molecule has 0 aromatic heterocycles. The van der Waals surface area contributed by atoms with Crippen molar-refractivity contribution in [1.29, 1.82) is 0 Å². The van der Waals surface area contributed by atoms with Crippen LogP contribution < -0.4 is 4.74 Å². The summed E-state index contributed by atoms with van der Waals surface area (Å²) in [6.45, 7) is 8.33. The lowest BCUT2D eigenvalue weighted by atomic mass is 10.2. The van der Waals surface area contributed by atoms with Gasteiger partial charge < -0.3 is 14.4 Å². The molecule has 25 heavy (non-hydrogen) atoms. The lowest BCUT2D eigenvalue weighted by Crippen LogP contribution is -2.47. The second kappa shape index (κ2) is 8.06. The molecule has 1 aromatic rings. The van der Waals surface area contributed by atoms with E-state index in [2.05, 4.69) is 16.8 Å². The van der Waals surface area contributed by atoms with Gasteiger partial charge in [-0.05, 0) is 44.2 Å². The minimum Gasteiger partial charge on any atom is -0.493 e. The third-order valence-corrected chi connectivity index (χ3v) is 5.01. The van der Waals surface area contributed by atoms with Crippen LogP contribution in [0, 0.1) is 0 Å². The molecule has 134 valence electrons. The fourth-order valence-electron chi connectivity index (χ4n) is 2.95. The number of ether oxygens (including phenoxy) is 2. The predicted molar refractivity (Wildman–Crippen MR) is 102 cm³/mol. The maximum absolute atomic E-state index is 12.3. The summed E-state index contributed by atoms with van der Waals surface area (Å²) in [5.74, 6) is 0.615. The zero-order valence-corrected chi connectivity index (χ0v) is 15.7. The highest BCUT2D eigenvalue weighted by atomic mass is 32.2. The number of thioether (sulfide) groups is 1. The summed E-state index contributed by atoms with van der Waals surface area (Å²) < 4.78 is 11.5. The van der Waals surface area contributed by atoms with Gasteiger partial charge >= 0.3 is 0 Å². The molecule has 0 saturated carbocycles. The summed E-state index contributed by atoms with van der Waals surface area (Å²) in [7, 11) is 0. The summed E-state index contributed by atoms with van der Waals surface area (Å²) in [5, 5.41) is 0.769. The molecule has 2 heterocycles. The first-order valence-electron chi connectivity index (χ1n) is 8.71. The van der Waals surface area contributed by atoms with Crippen LogP contribution in [-0.2, 0) is 9.53 Å². The van der Waals surface area contributed by atoms with E-state index in [0.717, 1.165) is 36.0 Å². The maximum atomic E-state index is 12.3. The first-order chi connectivity index (χ1) is 12.1. The number of morpholine rings is 1. The summed E-state index contributed by atoms with van der Waals surface area (Å²) in [4.78, 5) is 19.4. The number of benzene rings is 1. The van der Waals surface area contributed by atoms with Crippen molar-refractivity contribution in [3.8, 4) is 5.75 Å². The summed E-state index contributed by atoms with van der Waals surface area (Å²) >= 11 is 1.43. The molecule has 1 saturated heterocycles. The Balaban J connectivity index is 1.75. The molecule has 1 amide bonds. The van der Waals surface area contributed by atoms with Crippen LogP contribution in [0.5, 0.6) is 5.75 Å². The number of amides is 1. The molecule has 0 radical (unpaired) electrons. The highest BCUT2D eigenvalue weighted by Crippen LogP contribution is 2.33. The number of para-hydroxylation sites is 1. The van der Waals surface area contributed by atoms with Gasteiger partial charge in [0, 0.05) is 18.7 Å². The topological polar surface area (TPSA) is 51.1 Å². The molecule has 1 fully saturated rings. The van der Waals surface area contributed by atoms with Gasteiger partial charge in [-0.15, -0.1) is 0 Å². The van der Waals surface area contributed by atoms with Crippen molar-refractivity contribution < 1.29 is 14.3 Å². The van der Waals surface area contributed by atoms with Gasteiger partial charge in [0.25, 0.3) is 5.91 Å². The molecule has 6 heteroatoms. The highest BCUT2D eigenvalue weighted by Gasteiger charge is 2.31. The Morgan fingerprint density at radius 1 is 1.32 bits per heavy atom. The molecule has 0 bridgehead atoms. The molecule has 3 rings (SSSR count). The molecule has 0 unspecified atom stereocenters. The van der Waals surface area contributed by atoms with Crippen molar-refractivity contribution in [2.45, 2.75) is 39.4 Å². The summed E-state index contributed by atoms with van der Waals surface area (Å²) in [6.07, 6.45) is 3.10. The molecule has 2 aliphatic heterocycles. The van der Waals surface area contributed by atoms with Gasteiger partial charge in [0.1, 0.15) is 5.75 Å². The van der Waals surface area contributed by atoms with Gasteiger partial charge in [0.15, 0.2) is 5.17 Å². The largest absolute Gasteiger partial charge is 0.493 e. The van der Waals surface area contributed by atoms with E-state index in [-0.39, 0.29) is 18.1 Å². The van der Waals surface area contributed by atoms with Crippen molar-refractivity contribution in [2.24, 2.45) is 4.99 Å². The van der Waals surface area contributed by atoms with Crippen LogP contribution in [0.15, 0.2) is 34.2 Å². The smallest absolute Gasteiger partial charge is 0.286 e. The molecule has 5 nitrogen and oxygen atoms in total. The highest BCUT2D eigenvalue weighted by molar-refractivity contribution is 8.18. The monoisotopic (exact) mass is 360 g/mol. The number of hydrogen-bond donors (Lipinski definition) is 0. The fraction of sp³-hybridized carbons (Fsp3) is 0.474. The van der Waals surface area contributed by atoms with Crippen molar-refractivity contribution in [3.05, 3.63) is 34.7 Å². The van der Waals surface area contributed by atoms with Crippen molar-refractivity contribution in [1.82, 2.24) is 4.90 Å². The fourth-order valence-corrected chi connectivity index (χ4v) is 3.87. The average molecular weight is 360 g/mol. The van der Waals surface area contributed by atoms with Crippen LogP contribution >= 0.6 is 11.8 Å². The normalized spacial score (nSPS) is 25.4. The van der Waals surface area contributed by atoms with E-state index in [9.17, 15) is 4.79 Å². The van der Waals surface area contributed by atoms with Crippen LogP contribution in [0.2, 0.25) is 0 Å². The molecule has 2 atom stereocenters. The van der Waals surface area contributed by atoms with E-state index in [0.29, 0.717) is 11.5 Å². The zero-order valence-electron chi connectivity index (χ0n) is 14.9. The summed E-state index contributed by atoms with van der Waals surface area (Å²) in [5.41, 5.74) is 0.909. The van der Waals surface area contributed by atoms with Crippen LogP contribution in [-0.4, -0.2) is 47.9 Å². The third-order valence-electron chi connectivity index (χ3n) is 3.97. The van der Waals surface area contributed by atoms with Gasteiger partial charge in [-0.25, -0.2) is 0 Å². The second-order valence-electron chi connectivity index (χ2n) is 6.36. The predicted octanol–water partition coefficient (Wildman–Crippen LogP) is 3.55. The molecule has 0 aliphatic carbocycles. The van der Waals surface area contributed by atoms with E-state index in [1.54, 1.807) is 0 Å².